The zero-order valence-electron chi connectivity index (χ0n) is 8.93. The summed E-state index contributed by atoms with van der Waals surface area (Å²) in [6, 6.07) is 1.34. The van der Waals surface area contributed by atoms with E-state index < -0.39 is 10.0 Å². The minimum atomic E-state index is -3.61. The molecule has 0 aliphatic rings. The molecule has 0 spiro atoms. The Bertz CT molecular complexity index is 365. The molecular formula is C8H17N3O2S. The van der Waals surface area contributed by atoms with Gasteiger partial charge in [-0.15, -0.1) is 0 Å². The minimum Gasteiger partial charge on any atom is -0.274 e. The summed E-state index contributed by atoms with van der Waals surface area (Å²) in [5, 5.41) is 8.25. The summed E-state index contributed by atoms with van der Waals surface area (Å²) in [7, 11) is -1.99. The fraction of sp³-hybridized carbons (Fsp3) is 0.625. The van der Waals surface area contributed by atoms with Gasteiger partial charge >= 0.3 is 0 Å². The smallest absolute Gasteiger partial charge is 0.257 e. The van der Waals surface area contributed by atoms with Crippen molar-refractivity contribution in [1.82, 2.24) is 9.78 Å². The zero-order valence-corrected chi connectivity index (χ0v) is 9.75. The molecule has 14 heavy (non-hydrogen) atoms. The molecule has 5 nitrogen and oxygen atoms in total. The van der Waals surface area contributed by atoms with Gasteiger partial charge in [-0.1, -0.05) is 20.8 Å². The molecule has 0 saturated carbocycles. The van der Waals surface area contributed by atoms with Gasteiger partial charge in [-0.25, -0.2) is 13.6 Å². The highest BCUT2D eigenvalue weighted by Crippen LogP contribution is 1.99. The second-order valence-electron chi connectivity index (χ2n) is 3.60. The van der Waals surface area contributed by atoms with E-state index in [1.54, 1.807) is 7.05 Å². The highest BCUT2D eigenvalue weighted by molar-refractivity contribution is 7.89. The van der Waals surface area contributed by atoms with E-state index in [-0.39, 0.29) is 5.03 Å². The van der Waals surface area contributed by atoms with E-state index in [1.807, 2.05) is 0 Å². The van der Waals surface area contributed by atoms with E-state index in [0.717, 1.165) is 5.92 Å². The van der Waals surface area contributed by atoms with E-state index in [4.69, 9.17) is 5.14 Å². The van der Waals surface area contributed by atoms with Crippen molar-refractivity contribution < 1.29 is 8.42 Å². The van der Waals surface area contributed by atoms with Crippen LogP contribution in [0, 0.1) is 5.92 Å². The molecule has 0 aliphatic carbocycles. The number of nitrogens with zero attached hydrogens (tertiary/aromatic N) is 2. The Kier molecular flexibility index (Phi) is 4.79. The number of sulfonamides is 1. The van der Waals surface area contributed by atoms with E-state index in [9.17, 15) is 8.42 Å². The molecule has 1 heterocycles. The van der Waals surface area contributed by atoms with Gasteiger partial charge in [0.25, 0.3) is 10.0 Å². The highest BCUT2D eigenvalue weighted by Gasteiger charge is 2.09. The minimum absolute atomic E-state index is 0.102. The lowest BCUT2D eigenvalue weighted by atomic mass is 10.3. The number of aromatic nitrogens is 2. The molecule has 0 bridgehead atoms. The van der Waals surface area contributed by atoms with Crippen molar-refractivity contribution in [3.05, 3.63) is 12.3 Å². The first-order chi connectivity index (χ1) is 6.23. The molecule has 0 saturated heterocycles. The largest absolute Gasteiger partial charge is 0.274 e. The van der Waals surface area contributed by atoms with Crippen molar-refractivity contribution in [3.63, 3.8) is 0 Å². The fourth-order valence-electron chi connectivity index (χ4n) is 0.546. The summed E-state index contributed by atoms with van der Waals surface area (Å²) in [5.74, 6) is 0.833. The Morgan fingerprint density at radius 3 is 2.00 bits per heavy atom. The van der Waals surface area contributed by atoms with Crippen LogP contribution in [0.15, 0.2) is 17.3 Å². The van der Waals surface area contributed by atoms with Crippen molar-refractivity contribution >= 4 is 10.0 Å². The van der Waals surface area contributed by atoms with Crippen LogP contribution in [0.4, 0.5) is 0 Å². The third kappa shape index (κ3) is 5.71. The fourth-order valence-corrected chi connectivity index (χ4v) is 1.04. The lowest BCUT2D eigenvalue weighted by molar-refractivity contribution is 0.589. The van der Waals surface area contributed by atoms with Crippen molar-refractivity contribution in [1.29, 1.82) is 0 Å². The zero-order chi connectivity index (χ0) is 11.4. The van der Waals surface area contributed by atoms with Crippen LogP contribution in [0.2, 0.25) is 0 Å². The Labute approximate surface area is 85.0 Å². The molecule has 0 aliphatic heterocycles. The van der Waals surface area contributed by atoms with Crippen LogP contribution >= 0.6 is 0 Å². The van der Waals surface area contributed by atoms with Crippen molar-refractivity contribution in [2.24, 2.45) is 18.1 Å². The SMILES string of the molecule is CC(C)C.Cn1ccc(S(N)(=O)=O)n1. The Morgan fingerprint density at radius 2 is 1.86 bits per heavy atom. The summed E-state index contributed by atoms with van der Waals surface area (Å²) < 4.78 is 22.5. The molecule has 1 aromatic heterocycles. The Balaban J connectivity index is 0.000000364. The quantitative estimate of drug-likeness (QED) is 0.756. The van der Waals surface area contributed by atoms with Crippen LogP contribution in [-0.4, -0.2) is 18.2 Å². The molecule has 0 amide bonds. The molecule has 2 N–H and O–H groups in total. The molecule has 1 rings (SSSR count). The molecular weight excluding hydrogens is 202 g/mol. The molecule has 0 unspecified atom stereocenters. The number of rotatable bonds is 1. The number of primary sulfonamides is 1. The van der Waals surface area contributed by atoms with E-state index in [1.165, 1.54) is 16.9 Å². The molecule has 0 aromatic carbocycles. The summed E-state index contributed by atoms with van der Waals surface area (Å²) >= 11 is 0. The number of hydrogen-bond donors (Lipinski definition) is 1. The summed E-state index contributed by atoms with van der Waals surface area (Å²) in [4.78, 5) is 0. The van der Waals surface area contributed by atoms with Crippen LogP contribution in [0.5, 0.6) is 0 Å². The van der Waals surface area contributed by atoms with Gasteiger partial charge in [-0.05, 0) is 12.0 Å². The van der Waals surface area contributed by atoms with Gasteiger partial charge in [0.05, 0.1) is 0 Å². The lowest BCUT2D eigenvalue weighted by Gasteiger charge is -1.87. The average molecular weight is 219 g/mol. The van der Waals surface area contributed by atoms with Crippen LogP contribution in [0.25, 0.3) is 0 Å². The van der Waals surface area contributed by atoms with Crippen LogP contribution in [-0.2, 0) is 17.1 Å². The van der Waals surface area contributed by atoms with Gasteiger partial charge in [-0.2, -0.15) is 5.10 Å². The molecule has 0 atom stereocenters. The third-order valence-electron chi connectivity index (χ3n) is 0.981. The maximum Gasteiger partial charge on any atom is 0.257 e. The summed E-state index contributed by atoms with van der Waals surface area (Å²) in [6.45, 7) is 6.50. The van der Waals surface area contributed by atoms with E-state index in [0.29, 0.717) is 0 Å². The van der Waals surface area contributed by atoms with Crippen molar-refractivity contribution in [2.75, 3.05) is 0 Å². The average Bonchev–Trinajstić information content (AvgIpc) is 2.32. The molecule has 0 fully saturated rings. The van der Waals surface area contributed by atoms with Gasteiger partial charge in [0.15, 0.2) is 5.03 Å². The van der Waals surface area contributed by atoms with Crippen LogP contribution < -0.4 is 5.14 Å². The molecule has 1 aromatic rings. The van der Waals surface area contributed by atoms with Gasteiger partial charge in [0, 0.05) is 13.2 Å². The first-order valence-corrected chi connectivity index (χ1v) is 5.80. The van der Waals surface area contributed by atoms with Crippen LogP contribution in [0.1, 0.15) is 20.8 Å². The first kappa shape index (κ1) is 13.1. The predicted octanol–water partition coefficient (Wildman–Crippen LogP) is 0.730. The van der Waals surface area contributed by atoms with E-state index in [2.05, 4.69) is 25.9 Å². The number of nitrogens with two attached hydrogens (primary N) is 1. The Hall–Kier alpha value is -0.880. The predicted molar refractivity (Wildman–Crippen MR) is 55.1 cm³/mol. The van der Waals surface area contributed by atoms with Gasteiger partial charge < -0.3 is 0 Å². The van der Waals surface area contributed by atoms with Crippen molar-refractivity contribution in [3.8, 4) is 0 Å². The van der Waals surface area contributed by atoms with E-state index >= 15 is 0 Å². The summed E-state index contributed by atoms with van der Waals surface area (Å²) in [5.41, 5.74) is 0. The second kappa shape index (κ2) is 5.11. The topological polar surface area (TPSA) is 78.0 Å². The monoisotopic (exact) mass is 219 g/mol. The lowest BCUT2D eigenvalue weighted by Crippen LogP contribution is -2.13. The number of hydrogen-bond acceptors (Lipinski definition) is 3. The number of aryl methyl sites for hydroxylation is 1. The Morgan fingerprint density at radius 1 is 1.43 bits per heavy atom. The van der Waals surface area contributed by atoms with Crippen molar-refractivity contribution in [2.45, 2.75) is 25.8 Å². The maximum atomic E-state index is 10.5. The second-order valence-corrected chi connectivity index (χ2v) is 5.11. The maximum absolute atomic E-state index is 10.5. The standard InChI is InChI=1S/C4H7N3O2S.C4H10/c1-7-3-2-4(6-7)10(5,8)9;1-4(2)3/h2-3H,1H3,(H2,5,8,9);4H,1-3H3. The molecule has 0 radical (unpaired) electrons. The molecule has 82 valence electrons. The first-order valence-electron chi connectivity index (χ1n) is 4.26. The summed E-state index contributed by atoms with van der Waals surface area (Å²) in [6.07, 6.45) is 1.51. The van der Waals surface area contributed by atoms with Gasteiger partial charge in [0.2, 0.25) is 0 Å². The van der Waals surface area contributed by atoms with Crippen LogP contribution in [0.3, 0.4) is 0 Å². The molecule has 6 heteroatoms. The third-order valence-corrected chi connectivity index (χ3v) is 1.78. The highest BCUT2D eigenvalue weighted by atomic mass is 32.2. The van der Waals surface area contributed by atoms with Gasteiger partial charge in [-0.3, -0.25) is 4.68 Å². The normalized spacial score (nSPS) is 11.0. The van der Waals surface area contributed by atoms with Gasteiger partial charge in [0.1, 0.15) is 0 Å².